The van der Waals surface area contributed by atoms with Crippen molar-refractivity contribution < 1.29 is 9.18 Å². The summed E-state index contributed by atoms with van der Waals surface area (Å²) < 4.78 is 13.7. The highest BCUT2D eigenvalue weighted by Gasteiger charge is 2.36. The lowest BCUT2D eigenvalue weighted by Gasteiger charge is -2.39. The van der Waals surface area contributed by atoms with Gasteiger partial charge in [-0.25, -0.2) is 9.38 Å². The number of hydrogen-bond acceptors (Lipinski definition) is 4. The molecular weight excluding hydrogens is 361 g/mol. The molecule has 1 spiro atoms. The Balaban J connectivity index is 1.50. The van der Waals surface area contributed by atoms with Crippen molar-refractivity contribution in [3.8, 4) is 0 Å². The number of carbonyl (C=O) groups excluding carboxylic acids is 1. The second-order valence-electron chi connectivity index (χ2n) is 7.00. The summed E-state index contributed by atoms with van der Waals surface area (Å²) in [6.45, 7) is 0. The van der Waals surface area contributed by atoms with Crippen molar-refractivity contribution in [3.05, 3.63) is 59.9 Å². The maximum Gasteiger partial charge on any atom is 0.234 e. The summed E-state index contributed by atoms with van der Waals surface area (Å²) in [5.41, 5.74) is 2.06. The molecule has 1 amide bonds. The van der Waals surface area contributed by atoms with Crippen LogP contribution in [-0.4, -0.2) is 22.4 Å². The molecular formula is C21H22FN3OS. The van der Waals surface area contributed by atoms with Crippen molar-refractivity contribution in [2.45, 2.75) is 37.8 Å². The Hall–Kier alpha value is -2.34. The molecule has 0 atom stereocenters. The van der Waals surface area contributed by atoms with Gasteiger partial charge in [0.1, 0.15) is 16.5 Å². The van der Waals surface area contributed by atoms with E-state index < -0.39 is 5.82 Å². The molecule has 1 saturated carbocycles. The second-order valence-corrected chi connectivity index (χ2v) is 7.96. The molecule has 1 aliphatic heterocycles. The van der Waals surface area contributed by atoms with E-state index in [1.807, 2.05) is 18.2 Å². The molecule has 0 aromatic heterocycles. The van der Waals surface area contributed by atoms with Crippen LogP contribution in [-0.2, 0) is 4.79 Å². The van der Waals surface area contributed by atoms with Gasteiger partial charge in [-0.1, -0.05) is 48.5 Å². The van der Waals surface area contributed by atoms with Gasteiger partial charge in [-0.3, -0.25) is 4.79 Å². The molecule has 140 valence electrons. The van der Waals surface area contributed by atoms with Crippen LogP contribution >= 0.6 is 11.8 Å². The number of para-hydroxylation sites is 2. The molecule has 27 heavy (non-hydrogen) atoms. The topological polar surface area (TPSA) is 53.5 Å². The molecule has 0 bridgehead atoms. The van der Waals surface area contributed by atoms with Gasteiger partial charge in [0.25, 0.3) is 0 Å². The molecule has 4 rings (SSSR count). The Morgan fingerprint density at radius 3 is 2.67 bits per heavy atom. The van der Waals surface area contributed by atoms with Gasteiger partial charge in [-0.2, -0.15) is 0 Å². The predicted molar refractivity (Wildman–Crippen MR) is 110 cm³/mol. The van der Waals surface area contributed by atoms with Crippen LogP contribution in [0.25, 0.3) is 0 Å². The molecule has 1 fully saturated rings. The van der Waals surface area contributed by atoms with Gasteiger partial charge >= 0.3 is 0 Å². The van der Waals surface area contributed by atoms with Crippen molar-refractivity contribution in [1.82, 2.24) is 0 Å². The highest BCUT2D eigenvalue weighted by atomic mass is 32.2. The zero-order valence-electron chi connectivity index (χ0n) is 15.0. The number of benzene rings is 2. The van der Waals surface area contributed by atoms with E-state index in [0.717, 1.165) is 42.0 Å². The summed E-state index contributed by atoms with van der Waals surface area (Å²) in [5, 5.41) is 7.15. The van der Waals surface area contributed by atoms with Gasteiger partial charge in [0, 0.05) is 11.3 Å². The van der Waals surface area contributed by atoms with Crippen LogP contribution in [0.5, 0.6) is 0 Å². The van der Waals surface area contributed by atoms with Crippen LogP contribution in [0.4, 0.5) is 15.8 Å². The molecule has 2 aliphatic rings. The van der Waals surface area contributed by atoms with Gasteiger partial charge < -0.3 is 10.6 Å². The summed E-state index contributed by atoms with van der Waals surface area (Å²) in [4.78, 5) is 17.3. The largest absolute Gasteiger partial charge is 0.361 e. The molecule has 2 N–H and O–H groups in total. The lowest BCUT2D eigenvalue weighted by molar-refractivity contribution is -0.113. The van der Waals surface area contributed by atoms with Crippen molar-refractivity contribution in [1.29, 1.82) is 0 Å². The average molecular weight is 383 g/mol. The number of anilines is 2. The molecule has 6 heteroatoms. The van der Waals surface area contributed by atoms with E-state index >= 15 is 0 Å². The van der Waals surface area contributed by atoms with Gasteiger partial charge in [0.15, 0.2) is 0 Å². The maximum absolute atomic E-state index is 13.7. The first-order valence-corrected chi connectivity index (χ1v) is 10.3. The van der Waals surface area contributed by atoms with E-state index in [-0.39, 0.29) is 23.0 Å². The lowest BCUT2D eigenvalue weighted by atomic mass is 9.88. The first-order chi connectivity index (χ1) is 13.2. The Labute approximate surface area is 162 Å². The molecule has 2 aromatic rings. The highest BCUT2D eigenvalue weighted by molar-refractivity contribution is 8.15. The SMILES string of the molecule is O=C(CSC1=NC2(CCCCC2)Nc2ccccc21)Nc1ccccc1F. The van der Waals surface area contributed by atoms with Gasteiger partial charge in [0.2, 0.25) is 5.91 Å². The third-order valence-electron chi connectivity index (χ3n) is 5.01. The molecule has 0 unspecified atom stereocenters. The number of halogens is 1. The van der Waals surface area contributed by atoms with Crippen molar-refractivity contribution in [2.24, 2.45) is 4.99 Å². The number of nitrogens with zero attached hydrogens (tertiary/aromatic N) is 1. The molecule has 1 heterocycles. The fraction of sp³-hybridized carbons (Fsp3) is 0.333. The van der Waals surface area contributed by atoms with Crippen LogP contribution in [0.2, 0.25) is 0 Å². The summed E-state index contributed by atoms with van der Waals surface area (Å²) in [6, 6.07) is 14.3. The number of carbonyl (C=O) groups is 1. The van der Waals surface area contributed by atoms with Gasteiger partial charge in [0.05, 0.1) is 11.4 Å². The van der Waals surface area contributed by atoms with Gasteiger partial charge in [-0.15, -0.1) is 0 Å². The number of rotatable bonds is 3. The summed E-state index contributed by atoms with van der Waals surface area (Å²) in [7, 11) is 0. The minimum atomic E-state index is -0.429. The molecule has 0 saturated heterocycles. The fourth-order valence-electron chi connectivity index (χ4n) is 3.68. The second kappa shape index (κ2) is 7.72. The van der Waals surface area contributed by atoms with E-state index in [0.29, 0.717) is 0 Å². The predicted octanol–water partition coefficient (Wildman–Crippen LogP) is 5.03. The third kappa shape index (κ3) is 4.00. The first-order valence-electron chi connectivity index (χ1n) is 9.30. The number of hydrogen-bond donors (Lipinski definition) is 2. The van der Waals surface area contributed by atoms with E-state index in [4.69, 9.17) is 4.99 Å². The van der Waals surface area contributed by atoms with E-state index in [2.05, 4.69) is 16.7 Å². The Bertz CT molecular complexity index is 877. The maximum atomic E-state index is 13.7. The minimum Gasteiger partial charge on any atom is -0.361 e. The van der Waals surface area contributed by atoms with E-state index in [1.54, 1.807) is 18.2 Å². The molecule has 0 radical (unpaired) electrons. The number of thioether (sulfide) groups is 1. The Kier molecular flexibility index (Phi) is 5.16. The van der Waals surface area contributed by atoms with Crippen LogP contribution in [0.15, 0.2) is 53.5 Å². The summed E-state index contributed by atoms with van der Waals surface area (Å²) >= 11 is 1.42. The van der Waals surface area contributed by atoms with Crippen molar-refractivity contribution in [2.75, 3.05) is 16.4 Å². The number of aliphatic imine (C=N–C) groups is 1. The zero-order chi connectivity index (χ0) is 18.7. The molecule has 4 nitrogen and oxygen atoms in total. The highest BCUT2D eigenvalue weighted by Crippen LogP contribution is 2.39. The average Bonchev–Trinajstić information content (AvgIpc) is 2.68. The van der Waals surface area contributed by atoms with Crippen LogP contribution in [0.3, 0.4) is 0 Å². The monoisotopic (exact) mass is 383 g/mol. The van der Waals surface area contributed by atoms with E-state index in [9.17, 15) is 9.18 Å². The quantitative estimate of drug-likeness (QED) is 0.782. The van der Waals surface area contributed by atoms with Gasteiger partial charge in [-0.05, 0) is 43.9 Å². The van der Waals surface area contributed by atoms with Crippen LogP contribution in [0.1, 0.15) is 37.7 Å². The number of fused-ring (bicyclic) bond motifs is 1. The fourth-order valence-corrected chi connectivity index (χ4v) is 4.59. The van der Waals surface area contributed by atoms with Crippen molar-refractivity contribution in [3.63, 3.8) is 0 Å². The Morgan fingerprint density at radius 2 is 1.85 bits per heavy atom. The summed E-state index contributed by atoms with van der Waals surface area (Å²) in [6.07, 6.45) is 5.57. The standard InChI is InChI=1S/C21H22FN3OS/c22-16-9-3-5-11-18(16)23-19(26)14-27-20-15-8-2-4-10-17(15)24-21(25-20)12-6-1-7-13-21/h2-5,8-11,24H,1,6-7,12-14H2,(H,23,26). The molecule has 2 aromatic carbocycles. The normalized spacial score (nSPS) is 17.6. The van der Waals surface area contributed by atoms with Crippen LogP contribution < -0.4 is 10.6 Å². The van der Waals surface area contributed by atoms with Crippen LogP contribution in [0, 0.1) is 5.82 Å². The third-order valence-corrected chi connectivity index (χ3v) is 6.00. The smallest absolute Gasteiger partial charge is 0.234 e. The number of amides is 1. The minimum absolute atomic E-state index is 0.192. The Morgan fingerprint density at radius 1 is 1.11 bits per heavy atom. The first kappa shape index (κ1) is 18.0. The van der Waals surface area contributed by atoms with Crippen molar-refractivity contribution >= 4 is 34.1 Å². The molecule has 1 aliphatic carbocycles. The zero-order valence-corrected chi connectivity index (χ0v) is 15.8. The number of nitrogens with one attached hydrogen (secondary N) is 2. The lowest BCUT2D eigenvalue weighted by Crippen LogP contribution is -2.42. The summed E-state index contributed by atoms with van der Waals surface area (Å²) in [5.74, 6) is -0.472. The van der Waals surface area contributed by atoms with E-state index in [1.165, 1.54) is 24.2 Å².